The average Bonchev–Trinajstić information content (AvgIpc) is 2.06. The van der Waals surface area contributed by atoms with E-state index in [9.17, 15) is 17.6 Å². The van der Waals surface area contributed by atoms with Crippen LogP contribution in [0.3, 0.4) is 0 Å². The van der Waals surface area contributed by atoms with Crippen LogP contribution in [0.4, 0.5) is 17.6 Å². The molecule has 0 spiro atoms. The molecular weight excluding hydrogens is 299 g/mol. The van der Waals surface area contributed by atoms with Crippen molar-refractivity contribution >= 4 is 27.5 Å². The van der Waals surface area contributed by atoms with Gasteiger partial charge in [0.05, 0.1) is 16.3 Å². The topological polar surface area (TPSA) is 0 Å². The van der Waals surface area contributed by atoms with Gasteiger partial charge in [0.25, 0.3) is 0 Å². The van der Waals surface area contributed by atoms with Crippen molar-refractivity contribution in [3.63, 3.8) is 0 Å². The van der Waals surface area contributed by atoms with E-state index in [4.69, 9.17) is 11.6 Å². The Kier molecular flexibility index (Phi) is 4.00. The van der Waals surface area contributed by atoms with Gasteiger partial charge in [-0.15, -0.1) is 11.6 Å². The maximum absolute atomic E-state index is 12.8. The molecule has 0 aromatic heterocycles. The molecule has 15 heavy (non-hydrogen) atoms. The molecule has 1 rings (SSSR count). The molecule has 0 saturated carbocycles. The van der Waals surface area contributed by atoms with Gasteiger partial charge in [-0.05, 0) is 33.6 Å². The van der Waals surface area contributed by atoms with E-state index in [1.165, 1.54) is 12.1 Å². The first-order chi connectivity index (χ1) is 6.79. The van der Waals surface area contributed by atoms with Crippen LogP contribution >= 0.6 is 27.5 Å². The molecule has 0 saturated heterocycles. The Morgan fingerprint density at radius 3 is 2.40 bits per heavy atom. The molecule has 1 aromatic rings. The molecule has 6 heteroatoms. The Hall–Kier alpha value is -0.290. The van der Waals surface area contributed by atoms with Gasteiger partial charge in [0.15, 0.2) is 0 Å². The summed E-state index contributed by atoms with van der Waals surface area (Å²) in [6.45, 7) is 0. The molecule has 0 aliphatic rings. The van der Waals surface area contributed by atoms with Crippen LogP contribution in [0.25, 0.3) is 0 Å². The van der Waals surface area contributed by atoms with Crippen LogP contribution in [0.5, 0.6) is 0 Å². The lowest BCUT2D eigenvalue weighted by Crippen LogP contribution is -2.10. The molecule has 0 heterocycles. The van der Waals surface area contributed by atoms with Crippen molar-refractivity contribution < 1.29 is 17.6 Å². The Morgan fingerprint density at radius 2 is 1.93 bits per heavy atom. The molecule has 84 valence electrons. The van der Waals surface area contributed by atoms with Gasteiger partial charge in [0, 0.05) is 0 Å². The third-order valence-corrected chi connectivity index (χ3v) is 2.73. The van der Waals surface area contributed by atoms with Crippen LogP contribution in [-0.4, -0.2) is 6.18 Å². The Morgan fingerprint density at radius 1 is 1.33 bits per heavy atom. The van der Waals surface area contributed by atoms with E-state index in [0.29, 0.717) is 0 Å². The predicted molar refractivity (Wildman–Crippen MR) is 53.4 cm³/mol. The summed E-state index contributed by atoms with van der Waals surface area (Å²) >= 11 is 8.43. The van der Waals surface area contributed by atoms with Crippen molar-refractivity contribution in [2.75, 3.05) is 0 Å². The first kappa shape index (κ1) is 12.8. The van der Waals surface area contributed by atoms with Gasteiger partial charge in [-0.1, -0.05) is 6.07 Å². The van der Waals surface area contributed by atoms with E-state index in [1.807, 2.05) is 0 Å². The highest BCUT2D eigenvalue weighted by atomic mass is 79.9. The lowest BCUT2D eigenvalue weighted by molar-refractivity contribution is -0.134. The van der Waals surface area contributed by atoms with Gasteiger partial charge in [0.1, 0.15) is 5.82 Å². The number of hydrogen-bond donors (Lipinski definition) is 0. The summed E-state index contributed by atoms with van der Waals surface area (Å²) in [5.41, 5.74) is 0.238. The summed E-state index contributed by atoms with van der Waals surface area (Å²) in [5.74, 6) is -0.533. The zero-order chi connectivity index (χ0) is 11.6. The largest absolute Gasteiger partial charge is 0.390 e. The van der Waals surface area contributed by atoms with Gasteiger partial charge in [0.2, 0.25) is 0 Å². The highest BCUT2D eigenvalue weighted by molar-refractivity contribution is 9.10. The lowest BCUT2D eigenvalue weighted by Gasteiger charge is -2.12. The number of rotatable bonds is 2. The van der Waals surface area contributed by atoms with Gasteiger partial charge in [-0.2, -0.15) is 13.2 Å². The molecular formula is C9H6BrClF4. The number of hydrogen-bond acceptors (Lipinski definition) is 0. The summed E-state index contributed by atoms with van der Waals surface area (Å²) in [6, 6.07) is 3.56. The normalized spacial score (nSPS) is 14.0. The molecule has 0 radical (unpaired) electrons. The molecule has 0 fully saturated rings. The molecule has 1 unspecified atom stereocenters. The van der Waals surface area contributed by atoms with Crippen LogP contribution in [0.15, 0.2) is 22.7 Å². The first-order valence-corrected chi connectivity index (χ1v) is 5.18. The summed E-state index contributed by atoms with van der Waals surface area (Å²) in [5, 5.41) is -1.19. The quantitative estimate of drug-likeness (QED) is 0.543. The number of benzene rings is 1. The van der Waals surface area contributed by atoms with Crippen molar-refractivity contribution in [1.29, 1.82) is 0 Å². The maximum Gasteiger partial charge on any atom is 0.390 e. The molecule has 0 bridgehead atoms. The minimum atomic E-state index is -4.33. The van der Waals surface area contributed by atoms with E-state index in [1.54, 1.807) is 0 Å². The van der Waals surface area contributed by atoms with Crippen molar-refractivity contribution in [1.82, 2.24) is 0 Å². The van der Waals surface area contributed by atoms with E-state index in [-0.39, 0.29) is 10.0 Å². The van der Waals surface area contributed by atoms with Crippen LogP contribution in [0.2, 0.25) is 0 Å². The smallest absolute Gasteiger partial charge is 0.206 e. The monoisotopic (exact) mass is 304 g/mol. The SMILES string of the molecule is Fc1ccc(C(Cl)CC(F)(F)F)cc1Br. The Labute approximate surface area is 97.4 Å². The second-order valence-electron chi connectivity index (χ2n) is 2.96. The predicted octanol–water partition coefficient (Wildman–Crippen LogP) is 4.82. The Bertz CT molecular complexity index is 350. The van der Waals surface area contributed by atoms with Crippen molar-refractivity contribution in [3.8, 4) is 0 Å². The highest BCUT2D eigenvalue weighted by Crippen LogP contribution is 2.35. The molecule has 0 aliphatic heterocycles. The standard InChI is InChI=1S/C9H6BrClF4/c10-6-3-5(1-2-8(6)12)7(11)4-9(13,14)15/h1-3,7H,4H2. The minimum absolute atomic E-state index is 0.104. The molecule has 1 atom stereocenters. The van der Waals surface area contributed by atoms with Gasteiger partial charge in [-0.25, -0.2) is 4.39 Å². The zero-order valence-electron chi connectivity index (χ0n) is 7.28. The van der Waals surface area contributed by atoms with Crippen LogP contribution in [0, 0.1) is 5.82 Å². The second kappa shape index (κ2) is 4.70. The third-order valence-electron chi connectivity index (χ3n) is 1.72. The molecule has 0 nitrogen and oxygen atoms in total. The summed E-state index contributed by atoms with van der Waals surface area (Å²) in [4.78, 5) is 0. The fourth-order valence-electron chi connectivity index (χ4n) is 1.03. The minimum Gasteiger partial charge on any atom is -0.206 e. The maximum atomic E-state index is 12.8. The second-order valence-corrected chi connectivity index (χ2v) is 4.34. The van der Waals surface area contributed by atoms with E-state index >= 15 is 0 Å². The highest BCUT2D eigenvalue weighted by Gasteiger charge is 2.31. The molecule has 0 amide bonds. The van der Waals surface area contributed by atoms with Gasteiger partial charge in [-0.3, -0.25) is 0 Å². The van der Waals surface area contributed by atoms with Crippen LogP contribution in [-0.2, 0) is 0 Å². The van der Waals surface area contributed by atoms with Crippen LogP contribution < -0.4 is 0 Å². The lowest BCUT2D eigenvalue weighted by atomic mass is 10.1. The van der Waals surface area contributed by atoms with E-state index in [0.717, 1.165) is 6.07 Å². The number of alkyl halides is 4. The van der Waals surface area contributed by atoms with Crippen LogP contribution in [0.1, 0.15) is 17.4 Å². The fourth-order valence-corrected chi connectivity index (χ4v) is 1.74. The first-order valence-electron chi connectivity index (χ1n) is 3.95. The van der Waals surface area contributed by atoms with E-state index in [2.05, 4.69) is 15.9 Å². The molecule has 0 aliphatic carbocycles. The van der Waals surface area contributed by atoms with Crippen molar-refractivity contribution in [2.45, 2.75) is 18.0 Å². The molecule has 1 aromatic carbocycles. The summed E-state index contributed by atoms with van der Waals surface area (Å²) in [7, 11) is 0. The number of halogens is 6. The molecule has 0 N–H and O–H groups in total. The fraction of sp³-hybridized carbons (Fsp3) is 0.333. The Balaban J connectivity index is 2.83. The van der Waals surface area contributed by atoms with Gasteiger partial charge >= 0.3 is 6.18 Å². The average molecular weight is 305 g/mol. The third kappa shape index (κ3) is 3.99. The van der Waals surface area contributed by atoms with E-state index < -0.39 is 23.8 Å². The summed E-state index contributed by atoms with van der Waals surface area (Å²) < 4.78 is 48.9. The van der Waals surface area contributed by atoms with Crippen molar-refractivity contribution in [3.05, 3.63) is 34.1 Å². The van der Waals surface area contributed by atoms with Gasteiger partial charge < -0.3 is 0 Å². The summed E-state index contributed by atoms with van der Waals surface area (Å²) in [6.07, 6.45) is -5.46. The van der Waals surface area contributed by atoms with Crippen molar-refractivity contribution in [2.24, 2.45) is 0 Å². The zero-order valence-corrected chi connectivity index (χ0v) is 9.63.